The van der Waals surface area contributed by atoms with E-state index in [1.54, 1.807) is 47.7 Å². The summed E-state index contributed by atoms with van der Waals surface area (Å²) in [7, 11) is 7.81. The van der Waals surface area contributed by atoms with Crippen LogP contribution in [0.4, 0.5) is 0 Å². The van der Waals surface area contributed by atoms with Crippen LogP contribution in [0.2, 0.25) is 0 Å². The van der Waals surface area contributed by atoms with Gasteiger partial charge in [0.05, 0.1) is 41.3 Å². The standard InChI is InChI=1S/C23H28N2O7/c1-27-17-7-6-14(10-18(17)28-2)8-9-24-23(26)21-13-16(25-32-21)15-11-19(29-3)22(31-5)20(12-15)30-4/h6-7,10-12,21H,8-9,13H2,1-5H3,(H,24,26)/t21-/m1/s1. The Morgan fingerprint density at radius 3 is 2.19 bits per heavy atom. The molecule has 0 unspecified atom stereocenters. The number of carbonyl (C=O) groups is 1. The zero-order valence-electron chi connectivity index (χ0n) is 18.9. The topological polar surface area (TPSA) is 96.8 Å². The summed E-state index contributed by atoms with van der Waals surface area (Å²) in [5.74, 6) is 2.59. The molecule has 2 aromatic rings. The highest BCUT2D eigenvalue weighted by molar-refractivity contribution is 6.04. The Kier molecular flexibility index (Phi) is 7.64. The van der Waals surface area contributed by atoms with Crippen molar-refractivity contribution in [1.29, 1.82) is 0 Å². The minimum Gasteiger partial charge on any atom is -0.493 e. The van der Waals surface area contributed by atoms with Crippen LogP contribution in [0.25, 0.3) is 0 Å². The van der Waals surface area contributed by atoms with Crippen molar-refractivity contribution in [2.24, 2.45) is 5.16 Å². The summed E-state index contributed by atoms with van der Waals surface area (Å²) in [6.45, 7) is 0.452. The summed E-state index contributed by atoms with van der Waals surface area (Å²) in [5.41, 5.74) is 2.38. The van der Waals surface area contributed by atoms with Crippen LogP contribution in [-0.2, 0) is 16.1 Å². The fourth-order valence-corrected chi connectivity index (χ4v) is 3.42. The van der Waals surface area contributed by atoms with Crippen LogP contribution in [-0.4, -0.2) is 59.8 Å². The molecule has 0 fully saturated rings. The summed E-state index contributed by atoms with van der Waals surface area (Å²) >= 11 is 0. The third kappa shape index (κ3) is 4.99. The lowest BCUT2D eigenvalue weighted by Crippen LogP contribution is -2.36. The molecule has 9 heteroatoms. The predicted molar refractivity (Wildman–Crippen MR) is 118 cm³/mol. The Labute approximate surface area is 187 Å². The molecule has 1 aliphatic rings. The molecule has 2 aromatic carbocycles. The lowest BCUT2D eigenvalue weighted by molar-refractivity contribution is -0.131. The van der Waals surface area contributed by atoms with Gasteiger partial charge in [0.1, 0.15) is 0 Å². The van der Waals surface area contributed by atoms with Gasteiger partial charge >= 0.3 is 0 Å². The minimum absolute atomic E-state index is 0.225. The summed E-state index contributed by atoms with van der Waals surface area (Å²) in [6, 6.07) is 9.23. The molecule has 1 aliphatic heterocycles. The highest BCUT2D eigenvalue weighted by atomic mass is 16.6. The Bertz CT molecular complexity index is 965. The molecular weight excluding hydrogens is 416 g/mol. The third-order valence-corrected chi connectivity index (χ3v) is 5.12. The molecule has 0 spiro atoms. The van der Waals surface area contributed by atoms with E-state index in [-0.39, 0.29) is 5.91 Å². The number of rotatable bonds is 10. The number of methoxy groups -OCH3 is 5. The van der Waals surface area contributed by atoms with Gasteiger partial charge in [-0.2, -0.15) is 0 Å². The van der Waals surface area contributed by atoms with E-state index in [0.29, 0.717) is 53.8 Å². The number of carbonyl (C=O) groups excluding carboxylic acids is 1. The molecule has 1 heterocycles. The first-order valence-corrected chi connectivity index (χ1v) is 10.1. The lowest BCUT2D eigenvalue weighted by atomic mass is 10.0. The summed E-state index contributed by atoms with van der Waals surface area (Å²) in [5, 5.41) is 6.99. The molecule has 9 nitrogen and oxygen atoms in total. The van der Waals surface area contributed by atoms with Crippen LogP contribution < -0.4 is 29.0 Å². The second-order valence-electron chi connectivity index (χ2n) is 6.98. The van der Waals surface area contributed by atoms with Crippen molar-refractivity contribution in [2.45, 2.75) is 18.9 Å². The van der Waals surface area contributed by atoms with E-state index in [9.17, 15) is 4.79 Å². The van der Waals surface area contributed by atoms with Crippen LogP contribution in [0.5, 0.6) is 28.7 Å². The van der Waals surface area contributed by atoms with Crippen LogP contribution >= 0.6 is 0 Å². The van der Waals surface area contributed by atoms with E-state index in [0.717, 1.165) is 11.1 Å². The van der Waals surface area contributed by atoms with Gasteiger partial charge in [-0.3, -0.25) is 4.79 Å². The fraction of sp³-hybridized carbons (Fsp3) is 0.391. The van der Waals surface area contributed by atoms with Gasteiger partial charge in [0.15, 0.2) is 23.0 Å². The van der Waals surface area contributed by atoms with Crippen molar-refractivity contribution in [1.82, 2.24) is 5.32 Å². The first kappa shape index (κ1) is 23.1. The average molecular weight is 444 g/mol. The maximum atomic E-state index is 12.6. The van der Waals surface area contributed by atoms with Crippen LogP contribution in [0.1, 0.15) is 17.5 Å². The van der Waals surface area contributed by atoms with Gasteiger partial charge in [-0.1, -0.05) is 11.2 Å². The summed E-state index contributed by atoms with van der Waals surface area (Å²) in [4.78, 5) is 17.9. The summed E-state index contributed by atoms with van der Waals surface area (Å²) < 4.78 is 26.7. The van der Waals surface area contributed by atoms with Gasteiger partial charge in [-0.05, 0) is 36.2 Å². The maximum absolute atomic E-state index is 12.6. The molecule has 1 atom stereocenters. The number of nitrogens with zero attached hydrogens (tertiary/aromatic N) is 1. The van der Waals surface area contributed by atoms with Crippen molar-refractivity contribution in [2.75, 3.05) is 42.1 Å². The average Bonchev–Trinajstić information content (AvgIpc) is 3.33. The molecule has 1 N–H and O–H groups in total. The smallest absolute Gasteiger partial charge is 0.264 e. The van der Waals surface area contributed by atoms with Gasteiger partial charge in [0.25, 0.3) is 5.91 Å². The zero-order valence-corrected chi connectivity index (χ0v) is 18.9. The zero-order chi connectivity index (χ0) is 23.1. The van der Waals surface area contributed by atoms with Crippen molar-refractivity contribution in [3.05, 3.63) is 41.5 Å². The highest BCUT2D eigenvalue weighted by Gasteiger charge is 2.30. The van der Waals surface area contributed by atoms with Crippen LogP contribution in [0.3, 0.4) is 0 Å². The predicted octanol–water partition coefficient (Wildman–Crippen LogP) is 2.58. The fourth-order valence-electron chi connectivity index (χ4n) is 3.42. The Morgan fingerprint density at radius 1 is 0.938 bits per heavy atom. The normalized spacial score (nSPS) is 14.8. The van der Waals surface area contributed by atoms with Crippen molar-refractivity contribution >= 4 is 11.6 Å². The van der Waals surface area contributed by atoms with Crippen molar-refractivity contribution in [3.63, 3.8) is 0 Å². The highest BCUT2D eigenvalue weighted by Crippen LogP contribution is 2.39. The van der Waals surface area contributed by atoms with E-state index in [1.807, 2.05) is 18.2 Å². The second kappa shape index (κ2) is 10.6. The second-order valence-corrected chi connectivity index (χ2v) is 6.98. The van der Waals surface area contributed by atoms with E-state index < -0.39 is 6.10 Å². The monoisotopic (exact) mass is 444 g/mol. The maximum Gasteiger partial charge on any atom is 0.264 e. The van der Waals surface area contributed by atoms with Crippen molar-refractivity contribution in [3.8, 4) is 28.7 Å². The molecule has 3 rings (SSSR count). The van der Waals surface area contributed by atoms with E-state index >= 15 is 0 Å². The number of benzene rings is 2. The van der Waals surface area contributed by atoms with E-state index in [1.165, 1.54) is 0 Å². The molecule has 0 bridgehead atoms. The molecule has 0 saturated heterocycles. The number of ether oxygens (including phenoxy) is 5. The number of hydrogen-bond donors (Lipinski definition) is 1. The number of nitrogens with one attached hydrogen (secondary N) is 1. The van der Waals surface area contributed by atoms with Gasteiger partial charge in [-0.25, -0.2) is 0 Å². The molecule has 172 valence electrons. The van der Waals surface area contributed by atoms with Crippen LogP contribution in [0, 0.1) is 0 Å². The van der Waals surface area contributed by atoms with Gasteiger partial charge < -0.3 is 33.8 Å². The van der Waals surface area contributed by atoms with Gasteiger partial charge in [0.2, 0.25) is 11.9 Å². The number of hydrogen-bond acceptors (Lipinski definition) is 8. The Morgan fingerprint density at radius 2 is 1.59 bits per heavy atom. The molecule has 1 amide bonds. The summed E-state index contributed by atoms with van der Waals surface area (Å²) in [6.07, 6.45) is 0.273. The van der Waals surface area contributed by atoms with Crippen molar-refractivity contribution < 1.29 is 33.3 Å². The Balaban J connectivity index is 1.58. The molecule has 0 saturated carbocycles. The number of oxime groups is 1. The van der Waals surface area contributed by atoms with Gasteiger partial charge in [0, 0.05) is 18.5 Å². The largest absolute Gasteiger partial charge is 0.493 e. The quantitative estimate of drug-likeness (QED) is 0.602. The number of amides is 1. The van der Waals surface area contributed by atoms with Gasteiger partial charge in [-0.15, -0.1) is 0 Å². The molecule has 0 radical (unpaired) electrons. The molecule has 0 aliphatic carbocycles. The van der Waals surface area contributed by atoms with Crippen LogP contribution in [0.15, 0.2) is 35.5 Å². The molecule has 32 heavy (non-hydrogen) atoms. The van der Waals surface area contributed by atoms with E-state index in [4.69, 9.17) is 28.5 Å². The third-order valence-electron chi connectivity index (χ3n) is 5.12. The Hall–Kier alpha value is -3.62. The molecular formula is C23H28N2O7. The minimum atomic E-state index is -0.700. The SMILES string of the molecule is COc1ccc(CCNC(=O)[C@H]2CC(c3cc(OC)c(OC)c(OC)c3)=NO2)cc1OC. The van der Waals surface area contributed by atoms with E-state index in [2.05, 4.69) is 10.5 Å². The first-order valence-electron chi connectivity index (χ1n) is 10.1. The lowest BCUT2D eigenvalue weighted by Gasteiger charge is -2.14. The first-order chi connectivity index (χ1) is 15.5. The molecule has 0 aromatic heterocycles.